The van der Waals surface area contributed by atoms with Crippen LogP contribution in [0.3, 0.4) is 0 Å². The maximum atomic E-state index is 13.6. The number of nitrogens with one attached hydrogen (secondary N) is 1. The van der Waals surface area contributed by atoms with Crippen LogP contribution in [0.5, 0.6) is 0 Å². The van der Waals surface area contributed by atoms with Crippen molar-refractivity contribution in [3.8, 4) is 0 Å². The number of nitrogens with zero attached hydrogens (tertiary/aromatic N) is 1. The summed E-state index contributed by atoms with van der Waals surface area (Å²) in [6, 6.07) is 5.14. The van der Waals surface area contributed by atoms with E-state index in [1.807, 2.05) is 4.90 Å². The monoisotopic (exact) mass is 355 g/mol. The maximum absolute atomic E-state index is 13.6. The number of hydrogen-bond donors (Lipinski definition) is 2. The number of rotatable bonds is 3. The molecule has 0 spiro atoms. The lowest BCUT2D eigenvalue weighted by molar-refractivity contribution is -0.137. The highest BCUT2D eigenvalue weighted by Crippen LogP contribution is 2.39. The van der Waals surface area contributed by atoms with Crippen LogP contribution in [-0.2, 0) is 6.18 Å². The normalized spacial score (nSPS) is 25.9. The van der Waals surface area contributed by atoms with Crippen molar-refractivity contribution in [2.45, 2.75) is 63.7 Å². The summed E-state index contributed by atoms with van der Waals surface area (Å²) in [5, 5.41) is 3.28. The van der Waals surface area contributed by atoms with Crippen LogP contribution in [0.25, 0.3) is 0 Å². The topological polar surface area (TPSA) is 41.3 Å². The zero-order chi connectivity index (χ0) is 18.0. The van der Waals surface area contributed by atoms with E-state index >= 15 is 0 Å². The molecule has 6 heteroatoms. The summed E-state index contributed by atoms with van der Waals surface area (Å²) in [6.07, 6.45) is 1.22. The van der Waals surface area contributed by atoms with Gasteiger partial charge in [0.2, 0.25) is 0 Å². The highest BCUT2D eigenvalue weighted by molar-refractivity contribution is 5.62. The van der Waals surface area contributed by atoms with Gasteiger partial charge in [0, 0.05) is 36.5 Å². The fourth-order valence-corrected chi connectivity index (χ4v) is 3.88. The summed E-state index contributed by atoms with van der Waals surface area (Å²) in [6.45, 7) is 3.54. The van der Waals surface area contributed by atoms with Gasteiger partial charge in [0.1, 0.15) is 0 Å². The summed E-state index contributed by atoms with van der Waals surface area (Å²) >= 11 is 0. The molecule has 2 aliphatic rings. The fraction of sp³-hybridized carbons (Fsp3) is 0.684. The third-order valence-electron chi connectivity index (χ3n) is 5.57. The number of anilines is 2. The van der Waals surface area contributed by atoms with Crippen LogP contribution in [0.1, 0.15) is 51.0 Å². The summed E-state index contributed by atoms with van der Waals surface area (Å²) in [4.78, 5) is 1.88. The number of hydrogen-bond acceptors (Lipinski definition) is 3. The van der Waals surface area contributed by atoms with Crippen LogP contribution in [0.15, 0.2) is 18.2 Å². The Kier molecular flexibility index (Phi) is 5.46. The van der Waals surface area contributed by atoms with Crippen LogP contribution in [0.2, 0.25) is 0 Å². The van der Waals surface area contributed by atoms with Gasteiger partial charge in [-0.15, -0.1) is 0 Å². The maximum Gasteiger partial charge on any atom is 0.418 e. The zero-order valence-corrected chi connectivity index (χ0v) is 14.8. The van der Waals surface area contributed by atoms with Gasteiger partial charge < -0.3 is 16.0 Å². The Morgan fingerprint density at radius 1 is 1.04 bits per heavy atom. The summed E-state index contributed by atoms with van der Waals surface area (Å²) in [5.41, 5.74) is 6.25. The van der Waals surface area contributed by atoms with Gasteiger partial charge in [0.15, 0.2) is 0 Å². The third-order valence-corrected chi connectivity index (χ3v) is 5.57. The minimum absolute atomic E-state index is 0.211. The Morgan fingerprint density at radius 2 is 1.68 bits per heavy atom. The quantitative estimate of drug-likeness (QED) is 0.831. The van der Waals surface area contributed by atoms with Crippen LogP contribution in [0.4, 0.5) is 24.5 Å². The molecule has 3 N–H and O–H groups in total. The molecule has 0 aromatic heterocycles. The second-order valence-electron chi connectivity index (χ2n) is 7.66. The molecule has 0 amide bonds. The molecule has 25 heavy (non-hydrogen) atoms. The summed E-state index contributed by atoms with van der Waals surface area (Å²) < 4.78 is 40.9. The van der Waals surface area contributed by atoms with E-state index in [1.54, 1.807) is 12.1 Å². The molecule has 3 rings (SSSR count). The van der Waals surface area contributed by atoms with E-state index < -0.39 is 11.7 Å². The van der Waals surface area contributed by atoms with Gasteiger partial charge in [-0.1, -0.05) is 6.92 Å². The van der Waals surface area contributed by atoms with E-state index in [4.69, 9.17) is 5.73 Å². The molecular formula is C19H28F3N3. The van der Waals surface area contributed by atoms with Gasteiger partial charge in [-0.3, -0.25) is 0 Å². The molecule has 0 unspecified atom stereocenters. The lowest BCUT2D eigenvalue weighted by Gasteiger charge is -2.34. The zero-order valence-electron chi connectivity index (χ0n) is 14.8. The van der Waals surface area contributed by atoms with Crippen molar-refractivity contribution in [1.29, 1.82) is 0 Å². The van der Waals surface area contributed by atoms with Gasteiger partial charge in [0.25, 0.3) is 0 Å². The molecule has 140 valence electrons. The van der Waals surface area contributed by atoms with Crippen LogP contribution in [0, 0.1) is 5.92 Å². The predicted molar refractivity (Wildman–Crippen MR) is 95.9 cm³/mol. The summed E-state index contributed by atoms with van der Waals surface area (Å²) in [5.74, 6) is 0.587. The van der Waals surface area contributed by atoms with Gasteiger partial charge in [-0.05, 0) is 62.6 Å². The largest absolute Gasteiger partial charge is 0.418 e. The van der Waals surface area contributed by atoms with Crippen molar-refractivity contribution in [2.75, 3.05) is 23.3 Å². The van der Waals surface area contributed by atoms with E-state index in [1.165, 1.54) is 6.07 Å². The first-order valence-electron chi connectivity index (χ1n) is 9.31. The van der Waals surface area contributed by atoms with E-state index in [2.05, 4.69) is 12.2 Å². The van der Waals surface area contributed by atoms with Gasteiger partial charge >= 0.3 is 6.18 Å². The van der Waals surface area contributed by atoms with Crippen LogP contribution >= 0.6 is 0 Å². The minimum atomic E-state index is -4.34. The van der Waals surface area contributed by atoms with Crippen molar-refractivity contribution in [2.24, 2.45) is 11.7 Å². The Balaban J connectivity index is 1.78. The molecule has 0 atom stereocenters. The van der Waals surface area contributed by atoms with Gasteiger partial charge in [0.05, 0.1) is 5.56 Å². The lowest BCUT2D eigenvalue weighted by Crippen LogP contribution is -2.34. The average Bonchev–Trinajstić information content (AvgIpc) is 2.57. The molecule has 1 saturated heterocycles. The average molecular weight is 355 g/mol. The Morgan fingerprint density at radius 3 is 2.28 bits per heavy atom. The number of piperidine rings is 1. The molecule has 1 aromatic carbocycles. The molecule has 1 aliphatic heterocycles. The predicted octanol–water partition coefficient (Wildman–Crippen LogP) is 4.62. The lowest BCUT2D eigenvalue weighted by atomic mass is 9.91. The van der Waals surface area contributed by atoms with E-state index in [0.717, 1.165) is 38.5 Å². The second-order valence-corrected chi connectivity index (χ2v) is 7.66. The van der Waals surface area contributed by atoms with Gasteiger partial charge in [-0.2, -0.15) is 13.2 Å². The molecule has 0 bridgehead atoms. The van der Waals surface area contributed by atoms with E-state index in [-0.39, 0.29) is 12.1 Å². The molecule has 3 nitrogen and oxygen atoms in total. The highest BCUT2D eigenvalue weighted by atomic mass is 19.4. The summed E-state index contributed by atoms with van der Waals surface area (Å²) in [7, 11) is 0. The molecule has 1 aliphatic carbocycles. The van der Waals surface area contributed by atoms with Crippen molar-refractivity contribution >= 4 is 11.4 Å². The molecule has 1 saturated carbocycles. The molecule has 1 aromatic rings. The van der Waals surface area contributed by atoms with Crippen LogP contribution < -0.4 is 16.0 Å². The minimum Gasteiger partial charge on any atom is -0.382 e. The van der Waals surface area contributed by atoms with E-state index in [9.17, 15) is 13.2 Å². The Bertz CT molecular complexity index is 572. The van der Waals surface area contributed by atoms with E-state index in [0.29, 0.717) is 30.4 Å². The highest BCUT2D eigenvalue weighted by Gasteiger charge is 2.36. The van der Waals surface area contributed by atoms with Crippen molar-refractivity contribution < 1.29 is 13.2 Å². The number of benzene rings is 1. The van der Waals surface area contributed by atoms with Crippen molar-refractivity contribution in [3.63, 3.8) is 0 Å². The molecule has 2 fully saturated rings. The fourth-order valence-electron chi connectivity index (χ4n) is 3.88. The first-order chi connectivity index (χ1) is 11.8. The molecule has 0 radical (unpaired) electrons. The standard InChI is InChI=1S/C19H28F3N3/c1-13-8-10-25(11-9-13)18-7-6-16(12-17(18)19(20,21)22)24-15-4-2-14(23)3-5-15/h6-7,12-15,24H,2-5,8-11,23H2,1H3. The smallest absolute Gasteiger partial charge is 0.382 e. The number of halogens is 3. The number of alkyl halides is 3. The van der Waals surface area contributed by atoms with Crippen LogP contribution in [-0.4, -0.2) is 25.2 Å². The first-order valence-corrected chi connectivity index (χ1v) is 9.31. The first kappa shape index (κ1) is 18.4. The SMILES string of the molecule is CC1CCN(c2ccc(NC3CCC(N)CC3)cc2C(F)(F)F)CC1. The Hall–Kier alpha value is -1.43. The van der Waals surface area contributed by atoms with Crippen molar-refractivity contribution in [3.05, 3.63) is 23.8 Å². The molecular weight excluding hydrogens is 327 g/mol. The second kappa shape index (κ2) is 7.44. The molecule has 1 heterocycles. The van der Waals surface area contributed by atoms with Crippen molar-refractivity contribution in [1.82, 2.24) is 0 Å². The Labute approximate surface area is 147 Å². The van der Waals surface area contributed by atoms with Gasteiger partial charge in [-0.25, -0.2) is 0 Å². The third kappa shape index (κ3) is 4.60. The number of nitrogens with two attached hydrogens (primary N) is 1.